The van der Waals surface area contributed by atoms with Gasteiger partial charge in [0.1, 0.15) is 15.7 Å². The van der Waals surface area contributed by atoms with Crippen molar-refractivity contribution >= 4 is 33.2 Å². The monoisotopic (exact) mass is 411 g/mol. The summed E-state index contributed by atoms with van der Waals surface area (Å²) in [6, 6.07) is 4.83. The van der Waals surface area contributed by atoms with Crippen LogP contribution < -0.4 is 10.9 Å². The molecule has 0 saturated carbocycles. The summed E-state index contributed by atoms with van der Waals surface area (Å²) in [5, 5.41) is 1.70. The molecule has 1 saturated heterocycles. The Balaban J connectivity index is 1.60. The summed E-state index contributed by atoms with van der Waals surface area (Å²) in [7, 11) is -3.59. The number of hydrogen-bond donors (Lipinski definition) is 2. The largest absolute Gasteiger partial charge is 0.466 e. The Hall–Kier alpha value is -2.17. The average molecular weight is 412 g/mol. The van der Waals surface area contributed by atoms with E-state index in [9.17, 15) is 18.0 Å². The number of hydrazine groups is 1. The minimum atomic E-state index is -3.59. The number of nitrogens with one attached hydrogen (secondary N) is 2. The zero-order valence-corrected chi connectivity index (χ0v) is 16.7. The molecule has 2 aromatic rings. The van der Waals surface area contributed by atoms with Crippen molar-refractivity contribution in [2.75, 3.05) is 13.1 Å². The van der Waals surface area contributed by atoms with E-state index in [0.717, 1.165) is 11.3 Å². The molecule has 0 aliphatic carbocycles. The molecule has 8 nitrogen and oxygen atoms in total. The third-order valence-electron chi connectivity index (χ3n) is 4.43. The van der Waals surface area contributed by atoms with Crippen molar-refractivity contribution < 1.29 is 22.4 Å². The molecule has 3 rings (SSSR count). The first kappa shape index (κ1) is 19.6. The van der Waals surface area contributed by atoms with Crippen molar-refractivity contribution in [1.82, 2.24) is 15.2 Å². The second-order valence-corrected chi connectivity index (χ2v) is 9.52. The third kappa shape index (κ3) is 4.23. The summed E-state index contributed by atoms with van der Waals surface area (Å²) in [5.41, 5.74) is 5.11. The van der Waals surface area contributed by atoms with Gasteiger partial charge < -0.3 is 4.42 Å². The van der Waals surface area contributed by atoms with E-state index >= 15 is 0 Å². The van der Waals surface area contributed by atoms with Crippen LogP contribution in [-0.4, -0.2) is 37.6 Å². The standard InChI is InChI=1S/C17H21N3O5S2/c1-11-9-14(12(2)25-11)17(22)19-18-16(21)13-5-3-7-20(10-13)27(23,24)15-6-4-8-26-15/h4,6,8-9,13H,3,5,7,10H2,1-2H3,(H,18,21)(H,19,22)/t13-/m0/s1. The van der Waals surface area contributed by atoms with Gasteiger partial charge in [0, 0.05) is 13.1 Å². The first-order valence-corrected chi connectivity index (χ1v) is 10.8. The maximum absolute atomic E-state index is 12.6. The molecule has 0 unspecified atom stereocenters. The van der Waals surface area contributed by atoms with E-state index in [1.807, 2.05) is 0 Å². The number of carbonyl (C=O) groups is 2. The SMILES string of the molecule is Cc1cc(C(=O)NNC(=O)[C@H]2CCCN(S(=O)(=O)c3cccs3)C2)c(C)o1. The number of piperidine rings is 1. The molecule has 146 valence electrons. The van der Waals surface area contributed by atoms with Gasteiger partial charge in [-0.15, -0.1) is 11.3 Å². The summed E-state index contributed by atoms with van der Waals surface area (Å²) in [4.78, 5) is 24.6. The highest BCUT2D eigenvalue weighted by Crippen LogP contribution is 2.26. The van der Waals surface area contributed by atoms with Gasteiger partial charge in [0.2, 0.25) is 5.91 Å². The van der Waals surface area contributed by atoms with Crippen LogP contribution in [-0.2, 0) is 14.8 Å². The highest BCUT2D eigenvalue weighted by Gasteiger charge is 2.34. The molecule has 0 aromatic carbocycles. The number of aryl methyl sites for hydroxylation is 2. The lowest BCUT2D eigenvalue weighted by Gasteiger charge is -2.30. The van der Waals surface area contributed by atoms with E-state index in [1.54, 1.807) is 37.4 Å². The molecule has 2 aromatic heterocycles. The zero-order chi connectivity index (χ0) is 19.6. The minimum Gasteiger partial charge on any atom is -0.466 e. The van der Waals surface area contributed by atoms with Gasteiger partial charge >= 0.3 is 0 Å². The van der Waals surface area contributed by atoms with Crippen molar-refractivity contribution in [3.05, 3.63) is 40.7 Å². The van der Waals surface area contributed by atoms with Crippen LogP contribution in [0.4, 0.5) is 0 Å². The van der Waals surface area contributed by atoms with Gasteiger partial charge in [0.15, 0.2) is 0 Å². The number of thiophene rings is 1. The van der Waals surface area contributed by atoms with Crippen molar-refractivity contribution in [3.8, 4) is 0 Å². The maximum Gasteiger partial charge on any atom is 0.273 e. The summed E-state index contributed by atoms with van der Waals surface area (Å²) >= 11 is 1.15. The predicted molar refractivity (Wildman–Crippen MR) is 99.6 cm³/mol. The number of hydrogen-bond acceptors (Lipinski definition) is 6. The molecule has 2 N–H and O–H groups in total. The molecule has 0 spiro atoms. The Morgan fingerprint density at radius 2 is 2.07 bits per heavy atom. The molecular weight excluding hydrogens is 390 g/mol. The summed E-state index contributed by atoms with van der Waals surface area (Å²) in [6.07, 6.45) is 1.14. The molecule has 0 bridgehead atoms. The Bertz CT molecular complexity index is 934. The second kappa shape index (κ2) is 7.83. The molecule has 1 aliphatic heterocycles. The second-order valence-electron chi connectivity index (χ2n) is 6.40. The Morgan fingerprint density at radius 1 is 1.30 bits per heavy atom. The van der Waals surface area contributed by atoms with Crippen LogP contribution >= 0.6 is 11.3 Å². The lowest BCUT2D eigenvalue weighted by molar-refractivity contribution is -0.126. The van der Waals surface area contributed by atoms with Crippen LogP contribution in [0.15, 0.2) is 32.2 Å². The van der Waals surface area contributed by atoms with Crippen molar-refractivity contribution in [3.63, 3.8) is 0 Å². The van der Waals surface area contributed by atoms with Crippen LogP contribution in [0.3, 0.4) is 0 Å². The van der Waals surface area contributed by atoms with E-state index in [0.29, 0.717) is 36.5 Å². The minimum absolute atomic E-state index is 0.0891. The van der Waals surface area contributed by atoms with Gasteiger partial charge in [-0.05, 0) is 44.2 Å². The smallest absolute Gasteiger partial charge is 0.273 e. The van der Waals surface area contributed by atoms with E-state index < -0.39 is 27.8 Å². The van der Waals surface area contributed by atoms with Crippen LogP contribution in [0.5, 0.6) is 0 Å². The van der Waals surface area contributed by atoms with Gasteiger partial charge in [0.25, 0.3) is 15.9 Å². The van der Waals surface area contributed by atoms with Crippen LogP contribution in [0.1, 0.15) is 34.7 Å². The van der Waals surface area contributed by atoms with Gasteiger partial charge in [0.05, 0.1) is 11.5 Å². The van der Waals surface area contributed by atoms with E-state index in [4.69, 9.17) is 4.42 Å². The van der Waals surface area contributed by atoms with E-state index in [-0.39, 0.29) is 10.8 Å². The van der Waals surface area contributed by atoms with Gasteiger partial charge in [-0.1, -0.05) is 6.07 Å². The van der Waals surface area contributed by atoms with Crippen LogP contribution in [0.25, 0.3) is 0 Å². The van der Waals surface area contributed by atoms with E-state index in [1.165, 1.54) is 4.31 Å². The Kier molecular flexibility index (Phi) is 5.68. The average Bonchev–Trinajstić information content (AvgIpc) is 3.29. The number of nitrogens with zero attached hydrogens (tertiary/aromatic N) is 1. The molecule has 1 fully saturated rings. The predicted octanol–water partition coefficient (Wildman–Crippen LogP) is 1.82. The first-order valence-electron chi connectivity index (χ1n) is 8.50. The quantitative estimate of drug-likeness (QED) is 0.746. The summed E-state index contributed by atoms with van der Waals surface area (Å²) in [6.45, 7) is 3.86. The summed E-state index contributed by atoms with van der Waals surface area (Å²) in [5.74, 6) is -0.347. The number of furan rings is 1. The Morgan fingerprint density at radius 3 is 2.70 bits per heavy atom. The van der Waals surface area contributed by atoms with E-state index in [2.05, 4.69) is 10.9 Å². The van der Waals surface area contributed by atoms with Crippen molar-refractivity contribution in [2.24, 2.45) is 5.92 Å². The molecule has 2 amide bonds. The molecule has 1 atom stereocenters. The van der Waals surface area contributed by atoms with Gasteiger partial charge in [-0.25, -0.2) is 8.42 Å². The topological polar surface area (TPSA) is 109 Å². The first-order chi connectivity index (χ1) is 12.8. The zero-order valence-electron chi connectivity index (χ0n) is 15.0. The number of carbonyl (C=O) groups excluding carboxylic acids is 2. The Labute approximate surface area is 161 Å². The fraction of sp³-hybridized carbons (Fsp3) is 0.412. The molecular formula is C17H21N3O5S2. The van der Waals surface area contributed by atoms with Crippen LogP contribution in [0, 0.1) is 19.8 Å². The summed E-state index contributed by atoms with van der Waals surface area (Å²) < 4.78 is 32.2. The lowest BCUT2D eigenvalue weighted by atomic mass is 9.99. The van der Waals surface area contributed by atoms with Crippen molar-refractivity contribution in [2.45, 2.75) is 30.9 Å². The molecule has 10 heteroatoms. The van der Waals surface area contributed by atoms with Gasteiger partial charge in [-0.3, -0.25) is 20.4 Å². The molecule has 1 aliphatic rings. The fourth-order valence-corrected chi connectivity index (χ4v) is 5.72. The number of amides is 2. The molecule has 27 heavy (non-hydrogen) atoms. The number of rotatable bonds is 4. The third-order valence-corrected chi connectivity index (χ3v) is 7.67. The van der Waals surface area contributed by atoms with Crippen LogP contribution in [0.2, 0.25) is 0 Å². The molecule has 0 radical (unpaired) electrons. The molecule has 3 heterocycles. The lowest BCUT2D eigenvalue weighted by Crippen LogP contribution is -2.49. The normalized spacial score (nSPS) is 18.2. The maximum atomic E-state index is 12.6. The highest BCUT2D eigenvalue weighted by atomic mass is 32.2. The number of sulfonamides is 1. The van der Waals surface area contributed by atoms with Crippen molar-refractivity contribution in [1.29, 1.82) is 0 Å². The fourth-order valence-electron chi connectivity index (χ4n) is 3.06. The highest BCUT2D eigenvalue weighted by molar-refractivity contribution is 7.91. The van der Waals surface area contributed by atoms with Gasteiger partial charge in [-0.2, -0.15) is 4.31 Å².